The molecule has 1 saturated heterocycles. The Morgan fingerprint density at radius 1 is 1.44 bits per heavy atom. The number of piperazine rings is 1. The number of nitrogens with one attached hydrogen (secondary N) is 1. The molecule has 0 unspecified atom stereocenters. The van der Waals surface area contributed by atoms with Crippen LogP contribution in [0.1, 0.15) is 17.3 Å². The number of benzene rings is 1. The van der Waals surface area contributed by atoms with Crippen molar-refractivity contribution in [2.45, 2.75) is 13.0 Å². The summed E-state index contributed by atoms with van der Waals surface area (Å²) in [5, 5.41) is 4.18. The second-order valence-electron chi connectivity index (χ2n) is 4.70. The van der Waals surface area contributed by atoms with E-state index in [0.717, 1.165) is 30.6 Å². The van der Waals surface area contributed by atoms with E-state index in [-0.39, 0.29) is 11.9 Å². The molecule has 1 N–H and O–H groups in total. The molecule has 0 saturated carbocycles. The Labute approximate surface area is 106 Å². The number of para-hydroxylation sites is 1. The van der Waals surface area contributed by atoms with E-state index in [1.165, 1.54) is 0 Å². The van der Waals surface area contributed by atoms with Gasteiger partial charge in [0.25, 0.3) is 5.91 Å². The minimum atomic E-state index is 0.0638. The maximum Gasteiger partial charge on any atom is 0.258 e. The molecule has 0 spiro atoms. The third-order valence-corrected chi connectivity index (χ3v) is 3.47. The summed E-state index contributed by atoms with van der Waals surface area (Å²) in [6.07, 6.45) is 1.57. The molecule has 1 atom stereocenters. The molecule has 1 aliphatic rings. The van der Waals surface area contributed by atoms with E-state index in [0.29, 0.717) is 5.56 Å². The first-order valence-corrected chi connectivity index (χ1v) is 6.25. The number of fused-ring (bicyclic) bond motifs is 1. The molecule has 2 heterocycles. The van der Waals surface area contributed by atoms with Crippen molar-refractivity contribution in [3.63, 3.8) is 0 Å². The van der Waals surface area contributed by atoms with Gasteiger partial charge in [0.1, 0.15) is 11.8 Å². The number of furan rings is 1. The second kappa shape index (κ2) is 4.46. The van der Waals surface area contributed by atoms with Crippen LogP contribution >= 0.6 is 0 Å². The topological polar surface area (TPSA) is 45.5 Å². The minimum Gasteiger partial charge on any atom is -0.463 e. The molecule has 18 heavy (non-hydrogen) atoms. The van der Waals surface area contributed by atoms with E-state index >= 15 is 0 Å². The monoisotopic (exact) mass is 244 g/mol. The fourth-order valence-electron chi connectivity index (χ4n) is 2.44. The summed E-state index contributed by atoms with van der Waals surface area (Å²) in [4.78, 5) is 14.4. The maximum absolute atomic E-state index is 12.5. The van der Waals surface area contributed by atoms with Crippen molar-refractivity contribution in [2.24, 2.45) is 0 Å². The number of carbonyl (C=O) groups excluding carboxylic acids is 1. The lowest BCUT2D eigenvalue weighted by Gasteiger charge is -2.33. The summed E-state index contributed by atoms with van der Waals surface area (Å²) in [6, 6.07) is 7.87. The highest BCUT2D eigenvalue weighted by atomic mass is 16.3. The first kappa shape index (κ1) is 11.3. The van der Waals surface area contributed by atoms with E-state index in [1.54, 1.807) is 6.26 Å². The average molecular weight is 244 g/mol. The molecule has 1 aromatic heterocycles. The van der Waals surface area contributed by atoms with Gasteiger partial charge in [0.05, 0.1) is 5.56 Å². The van der Waals surface area contributed by atoms with E-state index in [2.05, 4.69) is 12.2 Å². The summed E-state index contributed by atoms with van der Waals surface area (Å²) >= 11 is 0. The third-order valence-electron chi connectivity index (χ3n) is 3.47. The Morgan fingerprint density at radius 3 is 3.11 bits per heavy atom. The first-order chi connectivity index (χ1) is 8.77. The number of hydrogen-bond donors (Lipinski definition) is 1. The zero-order valence-electron chi connectivity index (χ0n) is 10.3. The first-order valence-electron chi connectivity index (χ1n) is 6.25. The standard InChI is InChI=1S/C14H16N2O2/c1-10-8-15-6-7-16(10)14(17)12-9-18-13-5-3-2-4-11(12)13/h2-5,9-10,15H,6-8H2,1H3/t10-/m1/s1. The molecule has 94 valence electrons. The smallest absolute Gasteiger partial charge is 0.258 e. The van der Waals surface area contributed by atoms with Gasteiger partial charge in [-0.2, -0.15) is 0 Å². The van der Waals surface area contributed by atoms with Crippen molar-refractivity contribution in [1.29, 1.82) is 0 Å². The Bertz CT molecular complexity index is 576. The van der Waals surface area contributed by atoms with Gasteiger partial charge in [0.15, 0.2) is 0 Å². The summed E-state index contributed by atoms with van der Waals surface area (Å²) in [6.45, 7) is 4.51. The fraction of sp³-hybridized carbons (Fsp3) is 0.357. The maximum atomic E-state index is 12.5. The predicted molar refractivity (Wildman–Crippen MR) is 69.6 cm³/mol. The summed E-state index contributed by atoms with van der Waals surface area (Å²) in [7, 11) is 0. The quantitative estimate of drug-likeness (QED) is 0.833. The highest BCUT2D eigenvalue weighted by molar-refractivity contribution is 6.06. The van der Waals surface area contributed by atoms with Crippen molar-refractivity contribution >= 4 is 16.9 Å². The van der Waals surface area contributed by atoms with E-state index in [9.17, 15) is 4.79 Å². The molecule has 0 aliphatic carbocycles. The van der Waals surface area contributed by atoms with E-state index in [1.807, 2.05) is 29.2 Å². The van der Waals surface area contributed by atoms with Gasteiger partial charge < -0.3 is 14.6 Å². The van der Waals surface area contributed by atoms with Gasteiger partial charge in [-0.05, 0) is 13.0 Å². The SMILES string of the molecule is C[C@@H]1CNCCN1C(=O)c1coc2ccccc12. The van der Waals surface area contributed by atoms with Crippen LogP contribution in [0.4, 0.5) is 0 Å². The Morgan fingerprint density at radius 2 is 2.28 bits per heavy atom. The third kappa shape index (κ3) is 1.78. The number of carbonyl (C=O) groups is 1. The average Bonchev–Trinajstić information content (AvgIpc) is 2.82. The highest BCUT2D eigenvalue weighted by Crippen LogP contribution is 2.23. The van der Waals surface area contributed by atoms with Crippen LogP contribution in [0.15, 0.2) is 34.9 Å². The van der Waals surface area contributed by atoms with Crippen LogP contribution in [-0.4, -0.2) is 36.5 Å². The van der Waals surface area contributed by atoms with Gasteiger partial charge in [0, 0.05) is 31.1 Å². The number of rotatable bonds is 1. The molecule has 1 aromatic carbocycles. The van der Waals surface area contributed by atoms with Crippen LogP contribution in [-0.2, 0) is 0 Å². The number of hydrogen-bond acceptors (Lipinski definition) is 3. The Kier molecular flexibility index (Phi) is 2.80. The van der Waals surface area contributed by atoms with E-state index < -0.39 is 0 Å². The highest BCUT2D eigenvalue weighted by Gasteiger charge is 2.26. The lowest BCUT2D eigenvalue weighted by molar-refractivity contribution is 0.0657. The van der Waals surface area contributed by atoms with Gasteiger partial charge in [-0.3, -0.25) is 4.79 Å². The van der Waals surface area contributed by atoms with Crippen molar-refractivity contribution in [3.05, 3.63) is 36.1 Å². The predicted octanol–water partition coefficient (Wildman–Crippen LogP) is 1.87. The van der Waals surface area contributed by atoms with Crippen LogP contribution in [0.25, 0.3) is 11.0 Å². The van der Waals surface area contributed by atoms with Gasteiger partial charge >= 0.3 is 0 Å². The molecule has 1 aliphatic heterocycles. The van der Waals surface area contributed by atoms with Crippen molar-refractivity contribution in [1.82, 2.24) is 10.2 Å². The largest absolute Gasteiger partial charge is 0.463 e. The molecular weight excluding hydrogens is 228 g/mol. The van der Waals surface area contributed by atoms with Crippen LogP contribution in [0.3, 0.4) is 0 Å². The molecule has 3 rings (SSSR count). The Balaban J connectivity index is 1.96. The van der Waals surface area contributed by atoms with Crippen LogP contribution in [0.5, 0.6) is 0 Å². The molecule has 0 bridgehead atoms. The van der Waals surface area contributed by atoms with Crippen LogP contribution in [0, 0.1) is 0 Å². The fourth-order valence-corrected chi connectivity index (χ4v) is 2.44. The Hall–Kier alpha value is -1.81. The zero-order valence-corrected chi connectivity index (χ0v) is 10.3. The van der Waals surface area contributed by atoms with Gasteiger partial charge in [-0.1, -0.05) is 18.2 Å². The van der Waals surface area contributed by atoms with Crippen LogP contribution < -0.4 is 5.32 Å². The molecule has 4 heteroatoms. The lowest BCUT2D eigenvalue weighted by Crippen LogP contribution is -2.52. The second-order valence-corrected chi connectivity index (χ2v) is 4.70. The zero-order chi connectivity index (χ0) is 12.5. The molecule has 0 radical (unpaired) electrons. The van der Waals surface area contributed by atoms with Gasteiger partial charge in [-0.25, -0.2) is 0 Å². The molecule has 1 amide bonds. The normalized spacial score (nSPS) is 20.3. The van der Waals surface area contributed by atoms with Gasteiger partial charge in [0.2, 0.25) is 0 Å². The molecule has 1 fully saturated rings. The van der Waals surface area contributed by atoms with Crippen molar-refractivity contribution in [3.8, 4) is 0 Å². The van der Waals surface area contributed by atoms with Crippen LogP contribution in [0.2, 0.25) is 0 Å². The number of nitrogens with zero attached hydrogens (tertiary/aromatic N) is 1. The lowest BCUT2D eigenvalue weighted by atomic mass is 10.1. The summed E-state index contributed by atoms with van der Waals surface area (Å²) in [5.41, 5.74) is 1.43. The summed E-state index contributed by atoms with van der Waals surface area (Å²) < 4.78 is 5.43. The molecular formula is C14H16N2O2. The summed E-state index contributed by atoms with van der Waals surface area (Å²) in [5.74, 6) is 0.0638. The van der Waals surface area contributed by atoms with Crippen molar-refractivity contribution in [2.75, 3.05) is 19.6 Å². The number of amides is 1. The van der Waals surface area contributed by atoms with E-state index in [4.69, 9.17) is 4.42 Å². The van der Waals surface area contributed by atoms with Crippen molar-refractivity contribution < 1.29 is 9.21 Å². The molecule has 2 aromatic rings. The van der Waals surface area contributed by atoms with Gasteiger partial charge in [-0.15, -0.1) is 0 Å². The minimum absolute atomic E-state index is 0.0638. The molecule has 4 nitrogen and oxygen atoms in total.